The first-order valence-electron chi connectivity index (χ1n) is 10.4. The average molecular weight is 439 g/mol. The fourth-order valence-electron chi connectivity index (χ4n) is 3.75. The van der Waals surface area contributed by atoms with Crippen molar-refractivity contribution >= 4 is 38.4 Å². The van der Waals surface area contributed by atoms with Crippen LogP contribution in [-0.2, 0) is 16.6 Å². The van der Waals surface area contributed by atoms with Crippen molar-refractivity contribution in [2.45, 2.75) is 38.1 Å². The van der Waals surface area contributed by atoms with Crippen molar-refractivity contribution in [3.63, 3.8) is 0 Å². The normalized spacial score (nSPS) is 14.1. The predicted molar refractivity (Wildman–Crippen MR) is 123 cm³/mol. The number of carbonyl (C=O) groups is 1. The first-order chi connectivity index (χ1) is 14.8. The van der Waals surface area contributed by atoms with Crippen LogP contribution in [0.4, 0.5) is 5.69 Å². The molecule has 31 heavy (non-hydrogen) atoms. The molecule has 8 heteroatoms. The number of fused-ring (bicyclic) bond motifs is 1. The fourth-order valence-corrected chi connectivity index (χ4v) is 4.88. The number of amides is 1. The molecule has 0 saturated heterocycles. The largest absolute Gasteiger partial charge is 0.346 e. The molecule has 1 aromatic heterocycles. The van der Waals surface area contributed by atoms with E-state index in [2.05, 4.69) is 33.4 Å². The zero-order valence-electron chi connectivity index (χ0n) is 17.6. The molecule has 0 spiro atoms. The molecule has 0 aliphatic carbocycles. The van der Waals surface area contributed by atoms with Crippen molar-refractivity contribution < 1.29 is 13.2 Å². The summed E-state index contributed by atoms with van der Waals surface area (Å²) in [5.74, 6) is 0.638. The summed E-state index contributed by atoms with van der Waals surface area (Å²) in [5.41, 5.74) is 1.98. The van der Waals surface area contributed by atoms with Gasteiger partial charge in [-0.3, -0.25) is 14.5 Å². The number of benzene rings is 2. The van der Waals surface area contributed by atoms with E-state index in [1.54, 1.807) is 12.1 Å². The molecule has 1 aliphatic rings. The molecule has 2 aromatic carbocycles. The third-order valence-electron chi connectivity index (χ3n) is 5.12. The van der Waals surface area contributed by atoms with Crippen molar-refractivity contribution in [1.29, 1.82) is 0 Å². The van der Waals surface area contributed by atoms with Crippen molar-refractivity contribution in [3.05, 3.63) is 60.3 Å². The highest BCUT2D eigenvalue weighted by molar-refractivity contribution is 7.90. The molecule has 0 unspecified atom stereocenters. The minimum Gasteiger partial charge on any atom is -0.346 e. The zero-order chi connectivity index (χ0) is 22.0. The monoisotopic (exact) mass is 438 g/mol. The molecule has 162 valence electrons. The maximum Gasteiger partial charge on any atom is 0.262 e. The van der Waals surface area contributed by atoms with Crippen LogP contribution in [0.25, 0.3) is 10.9 Å². The summed E-state index contributed by atoms with van der Waals surface area (Å²) < 4.78 is 30.0. The number of aromatic nitrogens is 1. The highest BCUT2D eigenvalue weighted by Gasteiger charge is 2.20. The summed E-state index contributed by atoms with van der Waals surface area (Å²) >= 11 is 0. The second-order valence-electron chi connectivity index (χ2n) is 8.13. The van der Waals surface area contributed by atoms with Gasteiger partial charge in [-0.05, 0) is 36.6 Å². The summed E-state index contributed by atoms with van der Waals surface area (Å²) in [6, 6.07) is 14.0. The van der Waals surface area contributed by atoms with Gasteiger partial charge in [-0.1, -0.05) is 38.1 Å². The van der Waals surface area contributed by atoms with Crippen LogP contribution in [0.15, 0.2) is 64.6 Å². The second kappa shape index (κ2) is 8.55. The zero-order valence-corrected chi connectivity index (χ0v) is 18.4. The van der Waals surface area contributed by atoms with Crippen LogP contribution in [0.1, 0.15) is 37.0 Å². The minimum atomic E-state index is -3.75. The number of rotatable bonds is 6. The quantitative estimate of drug-likeness (QED) is 0.609. The topological polar surface area (TPSA) is 92.6 Å². The van der Waals surface area contributed by atoms with Crippen molar-refractivity contribution in [2.75, 3.05) is 11.9 Å². The Morgan fingerprint density at radius 3 is 2.71 bits per heavy atom. The van der Waals surface area contributed by atoms with Crippen LogP contribution in [-0.4, -0.2) is 31.3 Å². The number of para-hydroxylation sites is 1. The van der Waals surface area contributed by atoms with Crippen LogP contribution in [0.5, 0.6) is 0 Å². The smallest absolute Gasteiger partial charge is 0.262 e. The summed E-state index contributed by atoms with van der Waals surface area (Å²) in [7, 11) is -3.75. The second-order valence-corrected chi connectivity index (χ2v) is 9.81. The number of sulfonamides is 1. The number of nitrogens with one attached hydrogen (secondary N) is 2. The van der Waals surface area contributed by atoms with E-state index in [4.69, 9.17) is 0 Å². The van der Waals surface area contributed by atoms with Crippen LogP contribution < -0.4 is 10.0 Å². The Kier molecular flexibility index (Phi) is 5.82. The van der Waals surface area contributed by atoms with Gasteiger partial charge < -0.3 is 9.88 Å². The van der Waals surface area contributed by atoms with Gasteiger partial charge in [-0.15, -0.1) is 0 Å². The highest BCUT2D eigenvalue weighted by Crippen LogP contribution is 2.24. The van der Waals surface area contributed by atoms with Crippen molar-refractivity contribution in [3.8, 4) is 0 Å². The third-order valence-corrected chi connectivity index (χ3v) is 6.50. The molecule has 7 nitrogen and oxygen atoms in total. The molecule has 2 heterocycles. The number of hydrogen-bond donors (Lipinski definition) is 2. The van der Waals surface area contributed by atoms with Crippen molar-refractivity contribution in [2.24, 2.45) is 10.9 Å². The number of aliphatic imine (C=N–C) groups is 1. The van der Waals surface area contributed by atoms with Gasteiger partial charge in [-0.25, -0.2) is 8.42 Å². The van der Waals surface area contributed by atoms with E-state index in [-0.39, 0.29) is 10.8 Å². The minimum absolute atomic E-state index is 0.0853. The molecule has 0 radical (unpaired) electrons. The van der Waals surface area contributed by atoms with Crippen molar-refractivity contribution in [1.82, 2.24) is 9.29 Å². The van der Waals surface area contributed by atoms with Gasteiger partial charge in [0.2, 0.25) is 0 Å². The van der Waals surface area contributed by atoms with Gasteiger partial charge in [0, 0.05) is 42.3 Å². The van der Waals surface area contributed by atoms with Crippen LogP contribution in [0.3, 0.4) is 0 Å². The standard InChI is InChI=1S/C23H26N4O3S/c1-16(2)14-27-15-20(19-9-3-4-10-21(19)27)23(28)25-17-7-5-8-18(13-17)31(29,30)26-22-11-6-12-24-22/h3-5,7-10,13,15-16H,6,11-12,14H2,1-2H3,(H,24,26)(H,25,28). The lowest BCUT2D eigenvalue weighted by molar-refractivity contribution is 0.102. The first-order valence-corrected chi connectivity index (χ1v) is 11.9. The SMILES string of the molecule is CC(C)Cn1cc(C(=O)Nc2cccc(S(=O)(=O)NC3=NCCC3)c2)c2ccccc21. The molecule has 1 aliphatic heterocycles. The lowest BCUT2D eigenvalue weighted by Gasteiger charge is -2.10. The Hall–Kier alpha value is -3.13. The van der Waals surface area contributed by atoms with E-state index in [0.29, 0.717) is 36.0 Å². The van der Waals surface area contributed by atoms with E-state index in [9.17, 15) is 13.2 Å². The Morgan fingerprint density at radius 1 is 1.16 bits per heavy atom. The number of anilines is 1. The molecule has 1 amide bonds. The van der Waals surface area contributed by atoms with Gasteiger partial charge >= 0.3 is 0 Å². The van der Waals surface area contributed by atoms with E-state index < -0.39 is 10.0 Å². The maximum absolute atomic E-state index is 13.1. The summed E-state index contributed by atoms with van der Waals surface area (Å²) in [4.78, 5) is 17.3. The molecule has 0 atom stereocenters. The average Bonchev–Trinajstić information content (AvgIpc) is 3.36. The van der Waals surface area contributed by atoms with Gasteiger partial charge in [0.25, 0.3) is 15.9 Å². The van der Waals surface area contributed by atoms with Gasteiger partial charge in [0.05, 0.1) is 10.5 Å². The first kappa shape index (κ1) is 21.1. The number of nitrogens with zero attached hydrogens (tertiary/aromatic N) is 2. The Labute approximate surface area is 182 Å². The lowest BCUT2D eigenvalue weighted by Crippen LogP contribution is -2.29. The van der Waals surface area contributed by atoms with Gasteiger partial charge in [0.15, 0.2) is 0 Å². The molecule has 0 bridgehead atoms. The number of carbonyl (C=O) groups excluding carboxylic acids is 1. The molecule has 3 aromatic rings. The maximum atomic E-state index is 13.1. The molecular weight excluding hydrogens is 412 g/mol. The van der Waals surface area contributed by atoms with E-state index in [1.807, 2.05) is 30.5 Å². The Balaban J connectivity index is 1.59. The van der Waals surface area contributed by atoms with Gasteiger partial charge in [-0.2, -0.15) is 0 Å². The van der Waals surface area contributed by atoms with Crippen LogP contribution in [0, 0.1) is 5.92 Å². The molecule has 4 rings (SSSR count). The highest BCUT2D eigenvalue weighted by atomic mass is 32.2. The Bertz CT molecular complexity index is 1260. The van der Waals surface area contributed by atoms with E-state index >= 15 is 0 Å². The van der Waals surface area contributed by atoms with E-state index in [0.717, 1.165) is 23.9 Å². The van der Waals surface area contributed by atoms with E-state index in [1.165, 1.54) is 12.1 Å². The molecule has 2 N–H and O–H groups in total. The molecule has 0 fully saturated rings. The molecule has 0 saturated carbocycles. The predicted octanol–water partition coefficient (Wildman–Crippen LogP) is 4.02. The third kappa shape index (κ3) is 4.64. The summed E-state index contributed by atoms with van der Waals surface area (Å²) in [6.07, 6.45) is 3.33. The fraction of sp³-hybridized carbons (Fsp3) is 0.304. The van der Waals surface area contributed by atoms with Crippen LogP contribution >= 0.6 is 0 Å². The molecular formula is C23H26N4O3S. The van der Waals surface area contributed by atoms with Gasteiger partial charge in [0.1, 0.15) is 5.84 Å². The summed E-state index contributed by atoms with van der Waals surface area (Å²) in [5, 5.41) is 3.71. The Morgan fingerprint density at radius 2 is 1.97 bits per heavy atom. The number of amidine groups is 1. The number of hydrogen-bond acceptors (Lipinski definition) is 4. The van der Waals surface area contributed by atoms with Crippen LogP contribution in [0.2, 0.25) is 0 Å². The summed E-state index contributed by atoms with van der Waals surface area (Å²) in [6.45, 7) is 5.70. The lowest BCUT2D eigenvalue weighted by atomic mass is 10.1.